The molecule has 2 unspecified atom stereocenters. The lowest BCUT2D eigenvalue weighted by Gasteiger charge is -2.30. The lowest BCUT2D eigenvalue weighted by molar-refractivity contribution is 0.170. The highest BCUT2D eigenvalue weighted by atomic mass is 35.5. The molecule has 0 heterocycles. The number of alkyl carbamates (subject to hydrolysis) is 1. The van der Waals surface area contributed by atoms with E-state index in [1.54, 1.807) is 7.11 Å². The van der Waals surface area contributed by atoms with Gasteiger partial charge >= 0.3 is 6.09 Å². The monoisotopic (exact) mass is 356 g/mol. The molecule has 0 radical (unpaired) electrons. The van der Waals surface area contributed by atoms with Crippen molar-refractivity contribution >= 4 is 18.5 Å². The van der Waals surface area contributed by atoms with E-state index in [0.29, 0.717) is 18.6 Å². The van der Waals surface area contributed by atoms with E-state index < -0.39 is 0 Å². The second-order valence-electron chi connectivity index (χ2n) is 6.02. The molecule has 6 heteroatoms. The number of carbonyl (C=O) groups is 1. The molecule has 0 aromatic heterocycles. The Morgan fingerprint density at radius 2 is 2.17 bits per heavy atom. The Balaban J connectivity index is 0.00000288. The lowest BCUT2D eigenvalue weighted by atomic mass is 9.87. The minimum absolute atomic E-state index is 0. The van der Waals surface area contributed by atoms with Crippen molar-refractivity contribution in [1.82, 2.24) is 10.6 Å². The molecule has 5 nitrogen and oxygen atoms in total. The SMILES string of the molecule is CCC(CCNC(=O)OC)NC1CCc2cccc(OC)c2C1.Cl. The van der Waals surface area contributed by atoms with Crippen molar-refractivity contribution in [2.75, 3.05) is 20.8 Å². The van der Waals surface area contributed by atoms with Crippen LogP contribution in [-0.4, -0.2) is 38.9 Å². The van der Waals surface area contributed by atoms with Gasteiger partial charge in [0.1, 0.15) is 5.75 Å². The summed E-state index contributed by atoms with van der Waals surface area (Å²) in [6.45, 7) is 2.80. The summed E-state index contributed by atoms with van der Waals surface area (Å²) in [5.74, 6) is 0.995. The van der Waals surface area contributed by atoms with Crippen LogP contribution in [0.4, 0.5) is 4.79 Å². The van der Waals surface area contributed by atoms with Crippen molar-refractivity contribution in [2.45, 2.75) is 51.1 Å². The van der Waals surface area contributed by atoms with Gasteiger partial charge in [0.05, 0.1) is 14.2 Å². The third kappa shape index (κ3) is 5.56. The fraction of sp³-hybridized carbons (Fsp3) is 0.611. The Morgan fingerprint density at radius 3 is 2.83 bits per heavy atom. The summed E-state index contributed by atoms with van der Waals surface area (Å²) in [6, 6.07) is 7.17. The van der Waals surface area contributed by atoms with Crippen LogP contribution in [0, 0.1) is 0 Å². The third-order valence-corrected chi connectivity index (χ3v) is 4.57. The summed E-state index contributed by atoms with van der Waals surface area (Å²) in [5, 5.41) is 6.49. The van der Waals surface area contributed by atoms with E-state index in [2.05, 4.69) is 34.4 Å². The molecule has 2 rings (SSSR count). The molecule has 2 atom stereocenters. The van der Waals surface area contributed by atoms with Gasteiger partial charge in [-0.05, 0) is 49.3 Å². The van der Waals surface area contributed by atoms with Gasteiger partial charge in [-0.2, -0.15) is 0 Å². The largest absolute Gasteiger partial charge is 0.496 e. The molecule has 0 aliphatic heterocycles. The van der Waals surface area contributed by atoms with Crippen LogP contribution in [0.5, 0.6) is 5.75 Å². The van der Waals surface area contributed by atoms with E-state index in [4.69, 9.17) is 4.74 Å². The maximum absolute atomic E-state index is 11.1. The number of rotatable bonds is 7. The number of hydrogen-bond donors (Lipinski definition) is 2. The molecule has 1 aromatic rings. The number of methoxy groups -OCH3 is 2. The van der Waals surface area contributed by atoms with Gasteiger partial charge in [-0.1, -0.05) is 19.1 Å². The molecule has 0 spiro atoms. The second kappa shape index (κ2) is 10.4. The van der Waals surface area contributed by atoms with E-state index in [-0.39, 0.29) is 18.5 Å². The molecule has 0 saturated carbocycles. The van der Waals surface area contributed by atoms with Crippen LogP contribution in [0.2, 0.25) is 0 Å². The van der Waals surface area contributed by atoms with Crippen LogP contribution in [0.1, 0.15) is 37.3 Å². The van der Waals surface area contributed by atoms with Crippen molar-refractivity contribution in [1.29, 1.82) is 0 Å². The quantitative estimate of drug-likeness (QED) is 0.788. The predicted molar refractivity (Wildman–Crippen MR) is 98.3 cm³/mol. The van der Waals surface area contributed by atoms with Crippen LogP contribution in [0.15, 0.2) is 18.2 Å². The molecule has 0 bridgehead atoms. The molecule has 1 amide bonds. The van der Waals surface area contributed by atoms with Crippen LogP contribution >= 0.6 is 12.4 Å². The molecule has 1 aliphatic carbocycles. The maximum atomic E-state index is 11.1. The highest BCUT2D eigenvalue weighted by Crippen LogP contribution is 2.29. The number of nitrogens with one attached hydrogen (secondary N) is 2. The predicted octanol–water partition coefficient (Wildman–Crippen LogP) is 3.09. The molecule has 24 heavy (non-hydrogen) atoms. The zero-order chi connectivity index (χ0) is 16.7. The fourth-order valence-electron chi connectivity index (χ4n) is 3.25. The number of carbonyl (C=O) groups excluding carboxylic acids is 1. The maximum Gasteiger partial charge on any atom is 0.406 e. The van der Waals surface area contributed by atoms with Gasteiger partial charge in [0.2, 0.25) is 0 Å². The number of fused-ring (bicyclic) bond motifs is 1. The van der Waals surface area contributed by atoms with Crippen LogP contribution < -0.4 is 15.4 Å². The summed E-state index contributed by atoms with van der Waals surface area (Å²) in [4.78, 5) is 11.1. The van der Waals surface area contributed by atoms with Crippen molar-refractivity contribution in [2.24, 2.45) is 0 Å². The second-order valence-corrected chi connectivity index (χ2v) is 6.02. The molecule has 1 aliphatic rings. The Hall–Kier alpha value is -1.46. The molecular weight excluding hydrogens is 328 g/mol. The third-order valence-electron chi connectivity index (χ3n) is 4.57. The number of hydrogen-bond acceptors (Lipinski definition) is 4. The first-order valence-corrected chi connectivity index (χ1v) is 8.40. The van der Waals surface area contributed by atoms with E-state index in [1.807, 2.05) is 6.07 Å². The average molecular weight is 357 g/mol. The highest BCUT2D eigenvalue weighted by molar-refractivity contribution is 5.85. The number of amides is 1. The van der Waals surface area contributed by atoms with Gasteiger partial charge in [0.25, 0.3) is 0 Å². The van der Waals surface area contributed by atoms with Crippen molar-refractivity contribution in [3.8, 4) is 5.75 Å². The van der Waals surface area contributed by atoms with Crippen LogP contribution in [0.25, 0.3) is 0 Å². The minimum Gasteiger partial charge on any atom is -0.496 e. The van der Waals surface area contributed by atoms with Gasteiger partial charge in [-0.3, -0.25) is 0 Å². The molecule has 2 N–H and O–H groups in total. The Kier molecular flexibility index (Phi) is 8.93. The topological polar surface area (TPSA) is 59.6 Å². The lowest BCUT2D eigenvalue weighted by Crippen LogP contribution is -2.43. The summed E-state index contributed by atoms with van der Waals surface area (Å²) < 4.78 is 10.1. The number of benzene rings is 1. The smallest absolute Gasteiger partial charge is 0.406 e. The first-order chi connectivity index (χ1) is 11.2. The molecular formula is C18H29ClN2O3. The standard InChI is InChI=1S/C18H28N2O3.ClH/c1-4-14(10-11-19-18(21)23-3)20-15-9-8-13-6-5-7-17(22-2)16(13)12-15;/h5-7,14-15,20H,4,8-12H2,1-3H3,(H,19,21);1H. The zero-order valence-corrected chi connectivity index (χ0v) is 15.6. The van der Waals surface area contributed by atoms with Crippen molar-refractivity contribution in [3.05, 3.63) is 29.3 Å². The van der Waals surface area contributed by atoms with Gasteiger partial charge in [0, 0.05) is 18.6 Å². The van der Waals surface area contributed by atoms with Crippen LogP contribution in [0.3, 0.4) is 0 Å². The highest BCUT2D eigenvalue weighted by Gasteiger charge is 2.23. The summed E-state index contributed by atoms with van der Waals surface area (Å²) in [5.41, 5.74) is 2.74. The van der Waals surface area contributed by atoms with Crippen LogP contribution in [-0.2, 0) is 17.6 Å². The first kappa shape index (κ1) is 20.6. The van der Waals surface area contributed by atoms with E-state index in [9.17, 15) is 4.79 Å². The number of ether oxygens (including phenoxy) is 2. The van der Waals surface area contributed by atoms with E-state index >= 15 is 0 Å². The van der Waals surface area contributed by atoms with Crippen molar-refractivity contribution in [3.63, 3.8) is 0 Å². The number of halogens is 1. The minimum atomic E-state index is -0.365. The Morgan fingerprint density at radius 1 is 1.38 bits per heavy atom. The van der Waals surface area contributed by atoms with Gasteiger partial charge in [0.15, 0.2) is 0 Å². The Bertz CT molecular complexity index is 511. The first-order valence-electron chi connectivity index (χ1n) is 8.40. The Labute approximate surface area is 150 Å². The molecule has 136 valence electrons. The summed E-state index contributed by atoms with van der Waals surface area (Å²) in [7, 11) is 3.12. The normalized spacial score (nSPS) is 17.2. The van der Waals surface area contributed by atoms with Gasteiger partial charge in [-0.25, -0.2) is 4.79 Å². The van der Waals surface area contributed by atoms with E-state index in [1.165, 1.54) is 18.2 Å². The summed E-state index contributed by atoms with van der Waals surface area (Å²) >= 11 is 0. The fourth-order valence-corrected chi connectivity index (χ4v) is 3.25. The van der Waals surface area contributed by atoms with Gasteiger partial charge in [-0.15, -0.1) is 12.4 Å². The molecule has 1 aromatic carbocycles. The van der Waals surface area contributed by atoms with Crippen molar-refractivity contribution < 1.29 is 14.3 Å². The molecule has 0 fully saturated rings. The summed E-state index contributed by atoms with van der Waals surface area (Å²) in [6.07, 6.45) is 4.80. The molecule has 0 saturated heterocycles. The zero-order valence-electron chi connectivity index (χ0n) is 14.8. The van der Waals surface area contributed by atoms with E-state index in [0.717, 1.165) is 37.9 Å². The van der Waals surface area contributed by atoms with Gasteiger partial charge < -0.3 is 20.1 Å². The number of aryl methyl sites for hydroxylation is 1. The average Bonchev–Trinajstić information content (AvgIpc) is 2.59.